The number of amides is 1. The van der Waals surface area contributed by atoms with Gasteiger partial charge in [-0.2, -0.15) is 5.10 Å². The number of thiazole rings is 1. The topological polar surface area (TPSA) is 88.3 Å². The molecule has 1 amide bonds. The average molecular weight is 348 g/mol. The van der Waals surface area contributed by atoms with Crippen molar-refractivity contribution in [2.24, 2.45) is 7.05 Å². The lowest BCUT2D eigenvalue weighted by atomic mass is 9.97. The second-order valence-corrected chi connectivity index (χ2v) is 6.88. The van der Waals surface area contributed by atoms with E-state index in [1.165, 1.54) is 11.3 Å². The summed E-state index contributed by atoms with van der Waals surface area (Å²) >= 11 is 1.42. The second kappa shape index (κ2) is 7.12. The highest BCUT2D eigenvalue weighted by Crippen LogP contribution is 2.26. The minimum absolute atomic E-state index is 0.00843. The molecule has 0 aliphatic carbocycles. The van der Waals surface area contributed by atoms with E-state index in [1.54, 1.807) is 21.2 Å². The van der Waals surface area contributed by atoms with Gasteiger partial charge in [0.15, 0.2) is 0 Å². The fourth-order valence-corrected chi connectivity index (χ4v) is 3.81. The Kier molecular flexibility index (Phi) is 4.94. The molecule has 0 unspecified atom stereocenters. The van der Waals surface area contributed by atoms with Gasteiger partial charge in [-0.15, -0.1) is 11.3 Å². The van der Waals surface area contributed by atoms with Crippen molar-refractivity contribution < 1.29 is 14.7 Å². The number of aromatic nitrogens is 3. The summed E-state index contributed by atoms with van der Waals surface area (Å²) < 4.78 is 1.70. The summed E-state index contributed by atoms with van der Waals surface area (Å²) in [6.45, 7) is 0.670. The highest BCUT2D eigenvalue weighted by Gasteiger charge is 2.29. The van der Waals surface area contributed by atoms with Gasteiger partial charge in [0, 0.05) is 43.2 Å². The van der Waals surface area contributed by atoms with Crippen LogP contribution in [0.3, 0.4) is 0 Å². The third-order valence-electron chi connectivity index (χ3n) is 4.25. The van der Waals surface area contributed by atoms with E-state index in [-0.39, 0.29) is 18.4 Å². The number of carbonyl (C=O) groups is 2. The third kappa shape index (κ3) is 3.64. The van der Waals surface area contributed by atoms with E-state index in [0.29, 0.717) is 18.7 Å². The van der Waals surface area contributed by atoms with Gasteiger partial charge in [-0.3, -0.25) is 14.3 Å². The molecule has 3 rings (SSSR count). The van der Waals surface area contributed by atoms with Crippen LogP contribution in [0.25, 0.3) is 10.6 Å². The molecule has 2 aromatic heterocycles. The van der Waals surface area contributed by atoms with Gasteiger partial charge < -0.3 is 10.0 Å². The van der Waals surface area contributed by atoms with E-state index in [9.17, 15) is 9.59 Å². The summed E-state index contributed by atoms with van der Waals surface area (Å²) in [6, 6.07) is -0.00843. The molecule has 7 nitrogen and oxygen atoms in total. The molecule has 2 aromatic rings. The average Bonchev–Trinajstić information content (AvgIpc) is 3.21. The fraction of sp³-hybridized carbons (Fsp3) is 0.500. The van der Waals surface area contributed by atoms with Crippen LogP contribution in [0, 0.1) is 0 Å². The zero-order chi connectivity index (χ0) is 17.1. The number of piperidine rings is 1. The van der Waals surface area contributed by atoms with Crippen LogP contribution in [-0.2, 0) is 11.8 Å². The number of hydrogen-bond donors (Lipinski definition) is 1. The predicted molar refractivity (Wildman–Crippen MR) is 89.9 cm³/mol. The van der Waals surface area contributed by atoms with Crippen LogP contribution < -0.4 is 0 Å². The highest BCUT2D eigenvalue weighted by molar-refractivity contribution is 7.13. The lowest BCUT2D eigenvalue weighted by Gasteiger charge is -2.35. The Morgan fingerprint density at radius 2 is 2.25 bits per heavy atom. The third-order valence-corrected chi connectivity index (χ3v) is 5.15. The molecule has 1 aliphatic rings. The van der Waals surface area contributed by atoms with Gasteiger partial charge in [0.25, 0.3) is 5.91 Å². The summed E-state index contributed by atoms with van der Waals surface area (Å²) in [7, 11) is 1.84. The first-order valence-corrected chi connectivity index (χ1v) is 8.90. The molecule has 1 saturated heterocycles. The molecular weight excluding hydrogens is 328 g/mol. The lowest BCUT2D eigenvalue weighted by molar-refractivity contribution is -0.137. The van der Waals surface area contributed by atoms with E-state index in [0.717, 1.165) is 29.8 Å². The molecule has 0 saturated carbocycles. The molecule has 0 aromatic carbocycles. The number of nitrogens with zero attached hydrogens (tertiary/aromatic N) is 4. The van der Waals surface area contributed by atoms with E-state index in [1.807, 2.05) is 13.2 Å². The monoisotopic (exact) mass is 348 g/mol. The molecular formula is C16H20N4O3S. The SMILES string of the molecule is Cn1cc(-c2nc(C(=O)N3CCCC[C@@H]3CCC(=O)O)cs2)cn1. The quantitative estimate of drug-likeness (QED) is 0.896. The number of carboxylic acids is 1. The number of rotatable bonds is 5. The molecule has 24 heavy (non-hydrogen) atoms. The van der Waals surface area contributed by atoms with Gasteiger partial charge in [0.2, 0.25) is 0 Å². The van der Waals surface area contributed by atoms with E-state index in [2.05, 4.69) is 10.1 Å². The molecule has 0 spiro atoms. The fourth-order valence-electron chi connectivity index (χ4n) is 3.04. The zero-order valence-electron chi connectivity index (χ0n) is 13.5. The molecule has 1 fully saturated rings. The van der Waals surface area contributed by atoms with Crippen LogP contribution >= 0.6 is 11.3 Å². The first kappa shape index (κ1) is 16.6. The number of carbonyl (C=O) groups excluding carboxylic acids is 1. The van der Waals surface area contributed by atoms with Crippen molar-refractivity contribution in [3.05, 3.63) is 23.5 Å². The van der Waals surface area contributed by atoms with Crippen molar-refractivity contribution in [2.75, 3.05) is 6.54 Å². The smallest absolute Gasteiger partial charge is 0.303 e. The van der Waals surface area contributed by atoms with Gasteiger partial charge in [-0.25, -0.2) is 4.98 Å². The first-order valence-electron chi connectivity index (χ1n) is 8.02. The molecule has 0 radical (unpaired) electrons. The summed E-state index contributed by atoms with van der Waals surface area (Å²) in [5.41, 5.74) is 1.32. The van der Waals surface area contributed by atoms with Crippen LogP contribution in [-0.4, -0.2) is 49.2 Å². The Labute approximate surface area is 143 Å². The molecule has 1 N–H and O–H groups in total. The molecule has 1 aliphatic heterocycles. The molecule has 128 valence electrons. The van der Waals surface area contributed by atoms with E-state index >= 15 is 0 Å². The van der Waals surface area contributed by atoms with Gasteiger partial charge in [0.05, 0.1) is 6.20 Å². The van der Waals surface area contributed by atoms with Crippen LogP contribution in [0.4, 0.5) is 0 Å². The van der Waals surface area contributed by atoms with Gasteiger partial charge >= 0.3 is 5.97 Å². The maximum atomic E-state index is 12.8. The maximum Gasteiger partial charge on any atom is 0.303 e. The Bertz CT molecular complexity index is 739. The van der Waals surface area contributed by atoms with Crippen LogP contribution in [0.5, 0.6) is 0 Å². The van der Waals surface area contributed by atoms with Crippen molar-refractivity contribution in [2.45, 2.75) is 38.1 Å². The normalized spacial score (nSPS) is 17.9. The minimum atomic E-state index is -0.819. The first-order chi connectivity index (χ1) is 11.5. The van der Waals surface area contributed by atoms with Crippen LogP contribution in [0.2, 0.25) is 0 Å². The standard InChI is InChI=1S/C16H20N4O3S/c1-19-9-11(8-17-19)15-18-13(10-24-15)16(23)20-7-3-2-4-12(20)5-6-14(21)22/h8-10,12H,2-7H2,1H3,(H,21,22)/t12-/m1/s1. The van der Waals surface area contributed by atoms with Crippen LogP contribution in [0.1, 0.15) is 42.6 Å². The Morgan fingerprint density at radius 1 is 1.42 bits per heavy atom. The molecule has 8 heteroatoms. The summed E-state index contributed by atoms with van der Waals surface area (Å²) in [4.78, 5) is 29.9. The molecule has 1 atom stereocenters. The predicted octanol–water partition coefficient (Wildman–Crippen LogP) is 2.40. The Hall–Kier alpha value is -2.22. The van der Waals surface area contributed by atoms with Crippen molar-refractivity contribution in [3.63, 3.8) is 0 Å². The summed E-state index contributed by atoms with van der Waals surface area (Å²) in [6.07, 6.45) is 7.03. The van der Waals surface area contributed by atoms with Gasteiger partial charge in [-0.05, 0) is 25.7 Å². The van der Waals surface area contributed by atoms with E-state index in [4.69, 9.17) is 5.11 Å². The lowest BCUT2D eigenvalue weighted by Crippen LogP contribution is -2.44. The Morgan fingerprint density at radius 3 is 2.96 bits per heavy atom. The van der Waals surface area contributed by atoms with Crippen molar-refractivity contribution in [3.8, 4) is 10.6 Å². The van der Waals surface area contributed by atoms with Crippen molar-refractivity contribution in [1.29, 1.82) is 0 Å². The number of aryl methyl sites for hydroxylation is 1. The molecule has 0 bridgehead atoms. The van der Waals surface area contributed by atoms with Crippen molar-refractivity contribution in [1.82, 2.24) is 19.7 Å². The maximum absolute atomic E-state index is 12.8. The number of hydrogen-bond acceptors (Lipinski definition) is 5. The number of likely N-dealkylation sites (tertiary alicyclic amines) is 1. The van der Waals surface area contributed by atoms with Crippen LogP contribution in [0.15, 0.2) is 17.8 Å². The summed E-state index contributed by atoms with van der Waals surface area (Å²) in [5.74, 6) is -0.919. The van der Waals surface area contributed by atoms with Crippen molar-refractivity contribution >= 4 is 23.2 Å². The number of carboxylic acid groups (broad SMARTS) is 1. The highest BCUT2D eigenvalue weighted by atomic mass is 32.1. The van der Waals surface area contributed by atoms with Gasteiger partial charge in [0.1, 0.15) is 10.7 Å². The number of aliphatic carboxylic acids is 1. The second-order valence-electron chi connectivity index (χ2n) is 6.02. The largest absolute Gasteiger partial charge is 0.481 e. The van der Waals surface area contributed by atoms with Gasteiger partial charge in [-0.1, -0.05) is 0 Å². The minimum Gasteiger partial charge on any atom is -0.481 e. The Balaban J connectivity index is 1.74. The zero-order valence-corrected chi connectivity index (χ0v) is 14.3. The summed E-state index contributed by atoms with van der Waals surface area (Å²) in [5, 5.41) is 15.6. The van der Waals surface area contributed by atoms with E-state index < -0.39 is 5.97 Å². The molecule has 3 heterocycles.